The number of carbonyl (C=O) groups is 3. The molecule has 0 aliphatic carbocycles. The van der Waals surface area contributed by atoms with Gasteiger partial charge in [0.15, 0.2) is 0 Å². The fraction of sp³-hybridized carbons (Fsp3) is 0.438. The topological polar surface area (TPSA) is 90.5 Å². The molecule has 1 aromatic rings. The molecule has 2 fully saturated rings. The van der Waals surface area contributed by atoms with E-state index < -0.39 is 17.5 Å². The Balaban J connectivity index is 1.81. The van der Waals surface area contributed by atoms with Crippen molar-refractivity contribution in [2.75, 3.05) is 19.6 Å². The second-order valence-electron chi connectivity index (χ2n) is 6.16. The Morgan fingerprint density at radius 3 is 2.52 bits per heavy atom. The lowest BCUT2D eigenvalue weighted by atomic mass is 9.91. The fourth-order valence-corrected chi connectivity index (χ4v) is 3.00. The van der Waals surface area contributed by atoms with Crippen LogP contribution in [0, 0.1) is 0 Å². The van der Waals surface area contributed by atoms with Crippen molar-refractivity contribution in [3.05, 3.63) is 35.4 Å². The minimum Gasteiger partial charge on any atom is -0.333 e. The third kappa shape index (κ3) is 2.68. The van der Waals surface area contributed by atoms with Crippen LogP contribution in [-0.4, -0.2) is 48.4 Å². The average Bonchev–Trinajstić information content (AvgIpc) is 2.81. The van der Waals surface area contributed by atoms with Crippen LogP contribution in [0.3, 0.4) is 0 Å². The smallest absolute Gasteiger partial charge is 0.322 e. The second kappa shape index (κ2) is 5.66. The maximum atomic E-state index is 12.6. The maximum absolute atomic E-state index is 12.6. The predicted octanol–water partition coefficient (Wildman–Crippen LogP) is 0.175. The molecule has 4 amide bonds. The molecule has 3 N–H and O–H groups in total. The van der Waals surface area contributed by atoms with Crippen molar-refractivity contribution in [2.45, 2.75) is 25.4 Å². The van der Waals surface area contributed by atoms with Crippen LogP contribution >= 0.6 is 0 Å². The fourth-order valence-electron chi connectivity index (χ4n) is 3.00. The zero-order chi connectivity index (χ0) is 16.6. The van der Waals surface area contributed by atoms with E-state index in [-0.39, 0.29) is 11.9 Å². The monoisotopic (exact) mass is 316 g/mol. The number of benzene rings is 1. The molecule has 0 aromatic heterocycles. The Morgan fingerprint density at radius 1 is 1.26 bits per heavy atom. The number of carbonyl (C=O) groups excluding carboxylic acids is 3. The molecule has 122 valence electrons. The molecule has 2 aliphatic rings. The first-order valence-electron chi connectivity index (χ1n) is 7.67. The summed E-state index contributed by atoms with van der Waals surface area (Å²) in [7, 11) is 0. The predicted molar refractivity (Wildman–Crippen MR) is 83.8 cm³/mol. The molecule has 23 heavy (non-hydrogen) atoms. The first-order valence-corrected chi connectivity index (χ1v) is 7.67. The summed E-state index contributed by atoms with van der Waals surface area (Å²) >= 11 is 0. The number of imide groups is 1. The lowest BCUT2D eigenvalue weighted by Crippen LogP contribution is -2.52. The quantitative estimate of drug-likeness (QED) is 0.679. The van der Waals surface area contributed by atoms with E-state index in [9.17, 15) is 14.4 Å². The van der Waals surface area contributed by atoms with Crippen LogP contribution in [-0.2, 0) is 10.3 Å². The minimum atomic E-state index is -1.10. The molecular weight excluding hydrogens is 296 g/mol. The number of nitrogens with zero attached hydrogens (tertiary/aromatic N) is 1. The van der Waals surface area contributed by atoms with E-state index in [0.717, 1.165) is 13.1 Å². The van der Waals surface area contributed by atoms with Crippen molar-refractivity contribution in [2.24, 2.45) is 0 Å². The summed E-state index contributed by atoms with van der Waals surface area (Å²) in [4.78, 5) is 37.7. The maximum Gasteiger partial charge on any atom is 0.322 e. The van der Waals surface area contributed by atoms with Crippen LogP contribution in [0.5, 0.6) is 0 Å². The second-order valence-corrected chi connectivity index (χ2v) is 6.16. The van der Waals surface area contributed by atoms with Crippen LogP contribution in [0.15, 0.2) is 24.3 Å². The number of nitrogens with one attached hydrogen (secondary N) is 3. The lowest BCUT2D eigenvalue weighted by Gasteiger charge is -2.34. The molecule has 2 heterocycles. The molecule has 0 radical (unpaired) electrons. The molecule has 0 spiro atoms. The Bertz CT molecular complexity index is 658. The summed E-state index contributed by atoms with van der Waals surface area (Å²) in [6.45, 7) is 5.91. The van der Waals surface area contributed by atoms with Gasteiger partial charge in [0, 0.05) is 31.2 Å². The van der Waals surface area contributed by atoms with E-state index in [2.05, 4.69) is 16.0 Å². The number of hydrogen-bond acceptors (Lipinski definition) is 4. The number of hydrogen-bond donors (Lipinski definition) is 3. The molecule has 7 nitrogen and oxygen atoms in total. The van der Waals surface area contributed by atoms with Gasteiger partial charge in [0.1, 0.15) is 5.54 Å². The van der Waals surface area contributed by atoms with Gasteiger partial charge in [-0.25, -0.2) is 4.79 Å². The zero-order valence-corrected chi connectivity index (χ0v) is 13.2. The van der Waals surface area contributed by atoms with Gasteiger partial charge in [0.25, 0.3) is 11.8 Å². The number of rotatable bonds is 2. The van der Waals surface area contributed by atoms with Crippen LogP contribution in [0.25, 0.3) is 0 Å². The Kier molecular flexibility index (Phi) is 3.81. The van der Waals surface area contributed by atoms with Crippen molar-refractivity contribution >= 4 is 17.8 Å². The molecule has 0 bridgehead atoms. The molecule has 2 saturated heterocycles. The van der Waals surface area contributed by atoms with Crippen LogP contribution in [0.1, 0.15) is 29.8 Å². The summed E-state index contributed by atoms with van der Waals surface area (Å²) in [5.41, 5.74) is 0.127. The first kappa shape index (κ1) is 15.5. The molecule has 2 unspecified atom stereocenters. The highest BCUT2D eigenvalue weighted by molar-refractivity contribution is 6.07. The van der Waals surface area contributed by atoms with E-state index in [1.54, 1.807) is 31.2 Å². The Morgan fingerprint density at radius 2 is 1.96 bits per heavy atom. The van der Waals surface area contributed by atoms with Crippen molar-refractivity contribution in [1.29, 1.82) is 0 Å². The number of piperazine rings is 1. The van der Waals surface area contributed by atoms with Crippen LogP contribution in [0.2, 0.25) is 0 Å². The summed E-state index contributed by atoms with van der Waals surface area (Å²) in [6.07, 6.45) is 0. The van der Waals surface area contributed by atoms with Gasteiger partial charge < -0.3 is 15.5 Å². The normalized spacial score (nSPS) is 27.6. The largest absolute Gasteiger partial charge is 0.333 e. The van der Waals surface area contributed by atoms with Gasteiger partial charge in [-0.1, -0.05) is 12.1 Å². The molecule has 2 atom stereocenters. The van der Waals surface area contributed by atoms with Gasteiger partial charge in [-0.15, -0.1) is 0 Å². The molecule has 7 heteroatoms. The zero-order valence-electron chi connectivity index (χ0n) is 13.2. The summed E-state index contributed by atoms with van der Waals surface area (Å²) < 4.78 is 0. The van der Waals surface area contributed by atoms with Crippen molar-refractivity contribution < 1.29 is 14.4 Å². The van der Waals surface area contributed by atoms with Crippen LogP contribution < -0.4 is 16.0 Å². The average molecular weight is 316 g/mol. The molecule has 0 saturated carbocycles. The third-order valence-electron chi connectivity index (χ3n) is 4.52. The third-order valence-corrected chi connectivity index (χ3v) is 4.52. The van der Waals surface area contributed by atoms with Gasteiger partial charge in [-0.2, -0.15) is 0 Å². The summed E-state index contributed by atoms with van der Waals surface area (Å²) in [5.74, 6) is -0.409. The highest BCUT2D eigenvalue weighted by atomic mass is 16.2. The molecule has 2 aliphatic heterocycles. The number of urea groups is 1. The lowest BCUT2D eigenvalue weighted by molar-refractivity contribution is -0.123. The summed E-state index contributed by atoms with van der Waals surface area (Å²) in [6, 6.07) is 6.47. The molecule has 1 aromatic carbocycles. The van der Waals surface area contributed by atoms with Gasteiger partial charge in [-0.05, 0) is 31.5 Å². The molecular formula is C16H20N4O3. The van der Waals surface area contributed by atoms with Gasteiger partial charge >= 0.3 is 6.03 Å². The Labute approximate surface area is 134 Å². The van der Waals surface area contributed by atoms with E-state index in [1.165, 1.54) is 0 Å². The van der Waals surface area contributed by atoms with Crippen molar-refractivity contribution in [1.82, 2.24) is 20.9 Å². The Hall–Kier alpha value is -2.41. The van der Waals surface area contributed by atoms with Gasteiger partial charge in [0.2, 0.25) is 0 Å². The minimum absolute atomic E-state index is 0.0180. The molecule has 3 rings (SSSR count). The van der Waals surface area contributed by atoms with Gasteiger partial charge in [-0.3, -0.25) is 14.9 Å². The van der Waals surface area contributed by atoms with E-state index in [0.29, 0.717) is 17.7 Å². The van der Waals surface area contributed by atoms with Crippen molar-refractivity contribution in [3.8, 4) is 0 Å². The highest BCUT2D eigenvalue weighted by Gasteiger charge is 2.43. The van der Waals surface area contributed by atoms with Gasteiger partial charge in [0.05, 0.1) is 0 Å². The van der Waals surface area contributed by atoms with Crippen LogP contribution in [0.4, 0.5) is 4.79 Å². The first-order chi connectivity index (χ1) is 10.9. The van der Waals surface area contributed by atoms with E-state index >= 15 is 0 Å². The SMILES string of the molecule is CC1CNCCN1C(=O)c1ccc(C2(C)NC(=O)NC2=O)cc1. The highest BCUT2D eigenvalue weighted by Crippen LogP contribution is 2.25. The standard InChI is InChI=1S/C16H20N4O3/c1-10-9-17-7-8-20(10)13(21)11-3-5-12(6-4-11)16(2)14(22)18-15(23)19-16/h3-6,10,17H,7-9H2,1-2H3,(H2,18,19,22,23). The van der Waals surface area contributed by atoms with E-state index in [1.807, 2.05) is 11.8 Å². The summed E-state index contributed by atoms with van der Waals surface area (Å²) in [5, 5.41) is 8.09. The van der Waals surface area contributed by atoms with Crippen molar-refractivity contribution in [3.63, 3.8) is 0 Å². The van der Waals surface area contributed by atoms with E-state index in [4.69, 9.17) is 0 Å². The number of amides is 4.